The molecule has 0 amide bonds. The quantitative estimate of drug-likeness (QED) is 0.826. The van der Waals surface area contributed by atoms with Crippen LogP contribution in [0.25, 0.3) is 0 Å². The Kier molecular flexibility index (Phi) is 2.85. The number of hydrogen-bond donors (Lipinski definition) is 1. The van der Waals surface area contributed by atoms with Gasteiger partial charge in [-0.2, -0.15) is 5.10 Å². The van der Waals surface area contributed by atoms with Gasteiger partial charge in [-0.25, -0.2) is 13.9 Å². The van der Waals surface area contributed by atoms with Gasteiger partial charge in [0.1, 0.15) is 11.6 Å². The van der Waals surface area contributed by atoms with E-state index in [0.717, 1.165) is 31.6 Å². The van der Waals surface area contributed by atoms with Crippen LogP contribution in [-0.2, 0) is 19.5 Å². The van der Waals surface area contributed by atoms with Gasteiger partial charge < -0.3 is 5.73 Å². The predicted molar refractivity (Wildman–Crippen MR) is 69.3 cm³/mol. The molecule has 6 heteroatoms. The van der Waals surface area contributed by atoms with Gasteiger partial charge in [-0.05, 0) is 30.5 Å². The summed E-state index contributed by atoms with van der Waals surface area (Å²) in [6, 6.07) is 4.19. The lowest BCUT2D eigenvalue weighted by atomic mass is 10.2. The van der Waals surface area contributed by atoms with Crippen LogP contribution in [0.15, 0.2) is 23.0 Å². The Balaban J connectivity index is 1.95. The molecule has 0 unspecified atom stereocenters. The Morgan fingerprint density at radius 1 is 1.37 bits per heavy atom. The van der Waals surface area contributed by atoms with E-state index in [1.165, 1.54) is 16.8 Å². The summed E-state index contributed by atoms with van der Waals surface area (Å²) in [6.45, 7) is 1.01. The molecular formula is C13H15FN4O. The summed E-state index contributed by atoms with van der Waals surface area (Å²) in [6.07, 6.45) is 2.91. The molecule has 3 rings (SSSR count). The molecule has 2 N–H and O–H groups in total. The topological polar surface area (TPSA) is 65.8 Å². The third-order valence-corrected chi connectivity index (χ3v) is 3.46. The van der Waals surface area contributed by atoms with E-state index in [9.17, 15) is 9.18 Å². The van der Waals surface area contributed by atoms with Crippen molar-refractivity contribution in [1.82, 2.24) is 14.3 Å². The van der Waals surface area contributed by atoms with Crippen molar-refractivity contribution in [2.45, 2.75) is 32.4 Å². The van der Waals surface area contributed by atoms with Crippen molar-refractivity contribution in [3.05, 3.63) is 45.9 Å². The zero-order chi connectivity index (χ0) is 13.4. The van der Waals surface area contributed by atoms with E-state index in [2.05, 4.69) is 5.10 Å². The largest absolute Gasteiger partial charge is 0.398 e. The second kappa shape index (κ2) is 4.53. The third-order valence-electron chi connectivity index (χ3n) is 3.46. The maximum absolute atomic E-state index is 13.0. The Hall–Kier alpha value is -2.11. The number of rotatable bonds is 2. The molecule has 1 aromatic heterocycles. The summed E-state index contributed by atoms with van der Waals surface area (Å²) in [5.41, 5.74) is 6.69. The summed E-state index contributed by atoms with van der Waals surface area (Å²) >= 11 is 0. The van der Waals surface area contributed by atoms with Crippen LogP contribution in [0.2, 0.25) is 0 Å². The number of nitrogen functional groups attached to an aromatic ring is 1. The predicted octanol–water partition coefficient (Wildman–Crippen LogP) is 1.15. The third kappa shape index (κ3) is 2.14. The second-order valence-corrected chi connectivity index (χ2v) is 4.81. The maximum Gasteiger partial charge on any atom is 0.346 e. The number of aryl methyl sites for hydroxylation is 1. The Labute approximate surface area is 109 Å². The van der Waals surface area contributed by atoms with Gasteiger partial charge in [0.05, 0.1) is 6.54 Å². The smallest absolute Gasteiger partial charge is 0.346 e. The van der Waals surface area contributed by atoms with E-state index >= 15 is 0 Å². The summed E-state index contributed by atoms with van der Waals surface area (Å²) < 4.78 is 16.1. The summed E-state index contributed by atoms with van der Waals surface area (Å²) in [5, 5.41) is 4.33. The number of aromatic nitrogens is 3. The van der Waals surface area contributed by atoms with Crippen molar-refractivity contribution in [2.24, 2.45) is 0 Å². The molecule has 1 aliphatic rings. The number of fused-ring (bicyclic) bond motifs is 1. The summed E-state index contributed by atoms with van der Waals surface area (Å²) in [7, 11) is 0. The number of nitrogens with zero attached hydrogens (tertiary/aromatic N) is 3. The van der Waals surface area contributed by atoms with Crippen LogP contribution in [0.1, 0.15) is 24.2 Å². The first-order valence-corrected chi connectivity index (χ1v) is 6.35. The van der Waals surface area contributed by atoms with E-state index < -0.39 is 0 Å². The molecule has 0 saturated heterocycles. The van der Waals surface area contributed by atoms with Gasteiger partial charge >= 0.3 is 5.69 Å². The van der Waals surface area contributed by atoms with Crippen LogP contribution in [0.3, 0.4) is 0 Å². The van der Waals surface area contributed by atoms with E-state index in [1.54, 1.807) is 10.6 Å². The molecule has 0 bridgehead atoms. The number of nitrogens with two attached hydrogens (primary N) is 1. The van der Waals surface area contributed by atoms with E-state index in [0.29, 0.717) is 11.3 Å². The number of halogens is 1. The molecule has 5 nitrogen and oxygen atoms in total. The molecule has 0 spiro atoms. The van der Waals surface area contributed by atoms with Crippen LogP contribution < -0.4 is 11.4 Å². The van der Waals surface area contributed by atoms with Gasteiger partial charge in [0.25, 0.3) is 0 Å². The van der Waals surface area contributed by atoms with Crippen molar-refractivity contribution in [3.8, 4) is 0 Å². The molecule has 19 heavy (non-hydrogen) atoms. The molecule has 100 valence electrons. The molecule has 0 atom stereocenters. The van der Waals surface area contributed by atoms with Crippen molar-refractivity contribution < 1.29 is 4.39 Å². The highest BCUT2D eigenvalue weighted by molar-refractivity contribution is 5.46. The average molecular weight is 262 g/mol. The first-order valence-electron chi connectivity index (χ1n) is 6.35. The lowest BCUT2D eigenvalue weighted by molar-refractivity contribution is 0.511. The summed E-state index contributed by atoms with van der Waals surface area (Å²) in [4.78, 5) is 12.1. The maximum atomic E-state index is 13.0. The second-order valence-electron chi connectivity index (χ2n) is 4.81. The highest BCUT2D eigenvalue weighted by Gasteiger charge is 2.17. The van der Waals surface area contributed by atoms with Gasteiger partial charge in [-0.1, -0.05) is 6.07 Å². The average Bonchev–Trinajstić information content (AvgIpc) is 2.70. The van der Waals surface area contributed by atoms with E-state index in [-0.39, 0.29) is 18.1 Å². The fourth-order valence-corrected chi connectivity index (χ4v) is 2.42. The van der Waals surface area contributed by atoms with Gasteiger partial charge in [0.2, 0.25) is 0 Å². The molecule has 2 aromatic rings. The van der Waals surface area contributed by atoms with Gasteiger partial charge in [0, 0.05) is 18.7 Å². The van der Waals surface area contributed by atoms with Crippen molar-refractivity contribution in [1.29, 1.82) is 0 Å². The fraction of sp³-hybridized carbons (Fsp3) is 0.385. The highest BCUT2D eigenvalue weighted by Crippen LogP contribution is 2.15. The molecule has 0 fully saturated rings. The monoisotopic (exact) mass is 262 g/mol. The van der Waals surface area contributed by atoms with Crippen LogP contribution in [0, 0.1) is 5.82 Å². The molecule has 1 aliphatic heterocycles. The van der Waals surface area contributed by atoms with Crippen LogP contribution in [-0.4, -0.2) is 14.3 Å². The van der Waals surface area contributed by atoms with E-state index in [4.69, 9.17) is 5.73 Å². The molecule has 0 radical (unpaired) electrons. The zero-order valence-corrected chi connectivity index (χ0v) is 10.5. The molecule has 0 saturated carbocycles. The number of anilines is 1. The van der Waals surface area contributed by atoms with Crippen molar-refractivity contribution in [2.75, 3.05) is 5.73 Å². The Bertz CT molecular complexity index is 674. The van der Waals surface area contributed by atoms with Crippen molar-refractivity contribution >= 4 is 5.69 Å². The minimum Gasteiger partial charge on any atom is -0.398 e. The van der Waals surface area contributed by atoms with Crippen LogP contribution in [0.4, 0.5) is 10.1 Å². The normalized spacial score (nSPS) is 14.4. The SMILES string of the molecule is Nc1cc(F)ccc1Cn1nc2n(c1=O)CCCC2. The number of benzene rings is 1. The molecular weight excluding hydrogens is 247 g/mol. The first-order chi connectivity index (χ1) is 9.15. The van der Waals surface area contributed by atoms with Crippen LogP contribution in [0.5, 0.6) is 0 Å². The Morgan fingerprint density at radius 3 is 2.95 bits per heavy atom. The zero-order valence-electron chi connectivity index (χ0n) is 10.5. The standard InChI is InChI=1S/C13H15FN4O/c14-10-5-4-9(11(15)7-10)8-18-13(19)17-6-2-1-3-12(17)16-18/h4-5,7H,1-3,6,8,15H2. The van der Waals surface area contributed by atoms with Gasteiger partial charge in [-0.3, -0.25) is 4.57 Å². The van der Waals surface area contributed by atoms with Crippen molar-refractivity contribution in [3.63, 3.8) is 0 Å². The van der Waals surface area contributed by atoms with Gasteiger partial charge in [-0.15, -0.1) is 0 Å². The fourth-order valence-electron chi connectivity index (χ4n) is 2.42. The number of hydrogen-bond acceptors (Lipinski definition) is 3. The summed E-state index contributed by atoms with van der Waals surface area (Å²) in [5.74, 6) is 0.453. The van der Waals surface area contributed by atoms with Gasteiger partial charge in [0.15, 0.2) is 0 Å². The Morgan fingerprint density at radius 2 is 2.21 bits per heavy atom. The van der Waals surface area contributed by atoms with E-state index in [1.807, 2.05) is 0 Å². The highest BCUT2D eigenvalue weighted by atomic mass is 19.1. The molecule has 1 aromatic carbocycles. The lowest BCUT2D eigenvalue weighted by Crippen LogP contribution is -2.27. The lowest BCUT2D eigenvalue weighted by Gasteiger charge is -2.09. The minimum absolute atomic E-state index is 0.113. The minimum atomic E-state index is -0.377. The van der Waals surface area contributed by atoms with Crippen LogP contribution >= 0.6 is 0 Å². The molecule has 2 heterocycles. The first kappa shape index (κ1) is 12.0. The molecule has 0 aliphatic carbocycles.